The number of urea groups is 1. The zero-order chi connectivity index (χ0) is 15.8. The van der Waals surface area contributed by atoms with Crippen molar-refractivity contribution in [3.8, 4) is 0 Å². The van der Waals surface area contributed by atoms with E-state index in [4.69, 9.17) is 4.74 Å². The van der Waals surface area contributed by atoms with Crippen LogP contribution in [0.15, 0.2) is 24.3 Å². The van der Waals surface area contributed by atoms with Gasteiger partial charge in [0.25, 0.3) is 0 Å². The summed E-state index contributed by atoms with van der Waals surface area (Å²) in [5.41, 5.74) is 2.17. The van der Waals surface area contributed by atoms with Gasteiger partial charge in [0, 0.05) is 26.2 Å². The highest BCUT2D eigenvalue weighted by molar-refractivity contribution is 5.77. The summed E-state index contributed by atoms with van der Waals surface area (Å²) in [5, 5.41) is 2.98. The molecule has 1 atom stereocenters. The third kappa shape index (κ3) is 2.67. The fourth-order valence-corrected chi connectivity index (χ4v) is 3.53. The molecule has 4 rings (SSSR count). The van der Waals surface area contributed by atoms with Crippen molar-refractivity contribution in [1.29, 1.82) is 0 Å². The van der Waals surface area contributed by atoms with Crippen LogP contribution in [0.1, 0.15) is 24.7 Å². The maximum atomic E-state index is 12.2. The first-order valence-electron chi connectivity index (χ1n) is 8.30. The van der Waals surface area contributed by atoms with Crippen LogP contribution in [0.25, 0.3) is 11.0 Å². The molecule has 0 saturated carbocycles. The molecule has 2 aliphatic rings. The van der Waals surface area contributed by atoms with Gasteiger partial charge in [0.2, 0.25) is 0 Å². The molecule has 3 heterocycles. The number of hydrogen-bond acceptors (Lipinski definition) is 3. The maximum Gasteiger partial charge on any atom is 0.317 e. The number of para-hydroxylation sites is 2. The van der Waals surface area contributed by atoms with E-state index in [-0.39, 0.29) is 12.1 Å². The van der Waals surface area contributed by atoms with E-state index in [1.807, 2.05) is 30.0 Å². The second-order valence-electron chi connectivity index (χ2n) is 6.40. The Hall–Kier alpha value is -2.08. The molecule has 1 N–H and O–H groups in total. The number of likely N-dealkylation sites (tertiary alicyclic amines) is 1. The highest BCUT2D eigenvalue weighted by atomic mass is 16.5. The van der Waals surface area contributed by atoms with Gasteiger partial charge >= 0.3 is 6.03 Å². The van der Waals surface area contributed by atoms with Gasteiger partial charge in [-0.15, -0.1) is 0 Å². The zero-order valence-corrected chi connectivity index (χ0v) is 13.4. The van der Waals surface area contributed by atoms with Crippen LogP contribution in [0, 0.1) is 6.92 Å². The minimum absolute atomic E-state index is 0.0128. The van der Waals surface area contributed by atoms with Crippen molar-refractivity contribution in [2.75, 3.05) is 26.2 Å². The number of ether oxygens (including phenoxy) is 1. The quantitative estimate of drug-likeness (QED) is 0.944. The topological polar surface area (TPSA) is 59.4 Å². The molecule has 0 aliphatic carbocycles. The van der Waals surface area contributed by atoms with Crippen LogP contribution in [-0.2, 0) is 4.74 Å². The summed E-state index contributed by atoms with van der Waals surface area (Å²) in [5.74, 6) is 1.01. The molecule has 122 valence electrons. The Bertz CT molecular complexity index is 714. The van der Waals surface area contributed by atoms with Crippen molar-refractivity contribution in [1.82, 2.24) is 19.8 Å². The highest BCUT2D eigenvalue weighted by Gasteiger charge is 2.33. The zero-order valence-electron chi connectivity index (χ0n) is 13.4. The molecular formula is C17H22N4O2. The lowest BCUT2D eigenvalue weighted by molar-refractivity contribution is 0.0988. The van der Waals surface area contributed by atoms with E-state index in [0.29, 0.717) is 12.6 Å². The SMILES string of the molecule is Cc1nc2ccccc2n1C1CN(C(=O)NCC2CCCO2)C1. The molecule has 2 fully saturated rings. The Labute approximate surface area is 135 Å². The maximum absolute atomic E-state index is 12.2. The van der Waals surface area contributed by atoms with E-state index in [1.54, 1.807) is 0 Å². The highest BCUT2D eigenvalue weighted by Crippen LogP contribution is 2.27. The fraction of sp³-hybridized carbons (Fsp3) is 0.529. The number of carbonyl (C=O) groups excluding carboxylic acids is 1. The molecule has 1 aromatic heterocycles. The number of aromatic nitrogens is 2. The number of benzene rings is 1. The number of carbonyl (C=O) groups is 1. The van der Waals surface area contributed by atoms with Crippen LogP contribution in [0.5, 0.6) is 0 Å². The van der Waals surface area contributed by atoms with Gasteiger partial charge in [0.15, 0.2) is 0 Å². The van der Waals surface area contributed by atoms with Gasteiger partial charge < -0.3 is 19.5 Å². The summed E-state index contributed by atoms with van der Waals surface area (Å²) in [6.07, 6.45) is 2.33. The van der Waals surface area contributed by atoms with Crippen molar-refractivity contribution < 1.29 is 9.53 Å². The fourth-order valence-electron chi connectivity index (χ4n) is 3.53. The summed E-state index contributed by atoms with van der Waals surface area (Å²) < 4.78 is 7.78. The average Bonchev–Trinajstić information content (AvgIpc) is 3.12. The Balaban J connectivity index is 1.37. The van der Waals surface area contributed by atoms with Gasteiger partial charge in [-0.1, -0.05) is 12.1 Å². The van der Waals surface area contributed by atoms with Crippen LogP contribution in [0.2, 0.25) is 0 Å². The van der Waals surface area contributed by atoms with Gasteiger partial charge in [0.05, 0.1) is 23.2 Å². The lowest BCUT2D eigenvalue weighted by Crippen LogP contribution is -2.55. The normalized spacial score (nSPS) is 21.6. The van der Waals surface area contributed by atoms with Crippen LogP contribution >= 0.6 is 0 Å². The van der Waals surface area contributed by atoms with E-state index >= 15 is 0 Å². The second-order valence-corrected chi connectivity index (χ2v) is 6.40. The Morgan fingerprint density at radius 2 is 2.22 bits per heavy atom. The van der Waals surface area contributed by atoms with Crippen molar-refractivity contribution in [2.24, 2.45) is 0 Å². The largest absolute Gasteiger partial charge is 0.376 e. The first kappa shape index (κ1) is 14.5. The Morgan fingerprint density at radius 1 is 1.39 bits per heavy atom. The summed E-state index contributed by atoms with van der Waals surface area (Å²) in [6.45, 7) is 4.93. The van der Waals surface area contributed by atoms with E-state index in [0.717, 1.165) is 49.4 Å². The lowest BCUT2D eigenvalue weighted by Gasteiger charge is -2.40. The molecule has 2 amide bonds. The predicted molar refractivity (Wildman–Crippen MR) is 87.5 cm³/mol. The van der Waals surface area contributed by atoms with Gasteiger partial charge in [-0.25, -0.2) is 9.78 Å². The number of nitrogens with zero attached hydrogens (tertiary/aromatic N) is 3. The molecule has 2 saturated heterocycles. The lowest BCUT2D eigenvalue weighted by atomic mass is 10.1. The second kappa shape index (κ2) is 5.85. The first-order chi connectivity index (χ1) is 11.2. The van der Waals surface area contributed by atoms with Crippen LogP contribution in [0.3, 0.4) is 0 Å². The van der Waals surface area contributed by atoms with Gasteiger partial charge in [-0.3, -0.25) is 0 Å². The summed E-state index contributed by atoms with van der Waals surface area (Å²) >= 11 is 0. The number of hydrogen-bond donors (Lipinski definition) is 1. The van der Waals surface area contributed by atoms with E-state index < -0.39 is 0 Å². The van der Waals surface area contributed by atoms with Crippen molar-refractivity contribution in [3.63, 3.8) is 0 Å². The molecule has 0 spiro atoms. The predicted octanol–water partition coefficient (Wildman–Crippen LogP) is 2.09. The molecule has 23 heavy (non-hydrogen) atoms. The number of amides is 2. The molecule has 6 nitrogen and oxygen atoms in total. The Kier molecular flexibility index (Phi) is 3.69. The molecule has 0 bridgehead atoms. The number of nitrogens with one attached hydrogen (secondary N) is 1. The molecule has 6 heteroatoms. The van der Waals surface area contributed by atoms with Gasteiger partial charge in [0.1, 0.15) is 5.82 Å². The number of aryl methyl sites for hydroxylation is 1. The number of imidazole rings is 1. The van der Waals surface area contributed by atoms with E-state index in [1.165, 1.54) is 0 Å². The van der Waals surface area contributed by atoms with Gasteiger partial charge in [-0.05, 0) is 31.9 Å². The first-order valence-corrected chi connectivity index (χ1v) is 8.30. The van der Waals surface area contributed by atoms with Crippen molar-refractivity contribution in [2.45, 2.75) is 31.9 Å². The van der Waals surface area contributed by atoms with Crippen LogP contribution < -0.4 is 5.32 Å². The molecule has 0 radical (unpaired) electrons. The summed E-state index contributed by atoms with van der Waals surface area (Å²) in [4.78, 5) is 18.6. The minimum atomic E-state index is 0.0128. The van der Waals surface area contributed by atoms with Gasteiger partial charge in [-0.2, -0.15) is 0 Å². The number of rotatable bonds is 3. The third-order valence-corrected chi connectivity index (χ3v) is 4.79. The molecule has 1 aromatic carbocycles. The molecule has 2 aliphatic heterocycles. The monoisotopic (exact) mass is 314 g/mol. The van der Waals surface area contributed by atoms with Crippen LogP contribution in [0.4, 0.5) is 4.79 Å². The van der Waals surface area contributed by atoms with Crippen LogP contribution in [-0.4, -0.2) is 52.8 Å². The summed E-state index contributed by atoms with van der Waals surface area (Å²) in [6, 6.07) is 8.49. The van der Waals surface area contributed by atoms with E-state index in [9.17, 15) is 4.79 Å². The molecular weight excluding hydrogens is 292 g/mol. The summed E-state index contributed by atoms with van der Waals surface area (Å²) in [7, 11) is 0. The average molecular weight is 314 g/mol. The Morgan fingerprint density at radius 3 is 3.00 bits per heavy atom. The third-order valence-electron chi connectivity index (χ3n) is 4.79. The van der Waals surface area contributed by atoms with Crippen molar-refractivity contribution in [3.05, 3.63) is 30.1 Å². The minimum Gasteiger partial charge on any atom is -0.376 e. The molecule has 1 unspecified atom stereocenters. The van der Waals surface area contributed by atoms with Crippen molar-refractivity contribution >= 4 is 17.1 Å². The smallest absolute Gasteiger partial charge is 0.317 e. The number of fused-ring (bicyclic) bond motifs is 1. The standard InChI is InChI=1S/C17H22N4O2/c1-12-19-15-6-2-3-7-16(15)21(12)13-10-20(11-13)17(22)18-9-14-5-4-8-23-14/h2-3,6-7,13-14H,4-5,8-11H2,1H3,(H,18,22). The van der Waals surface area contributed by atoms with E-state index in [2.05, 4.69) is 20.9 Å². The molecule has 2 aromatic rings.